The van der Waals surface area contributed by atoms with Crippen LogP contribution in [0.1, 0.15) is 124 Å². The summed E-state index contributed by atoms with van der Waals surface area (Å²) in [6.07, 6.45) is 20.6. The number of allylic oxidation sites excluding steroid dienone is 3. The smallest absolute Gasteiger partial charge is 0.159 e. The van der Waals surface area contributed by atoms with Crippen LogP contribution >= 0.6 is 0 Å². The van der Waals surface area contributed by atoms with Gasteiger partial charge in [-0.25, -0.2) is 0 Å². The third-order valence-corrected chi connectivity index (χ3v) is 20.4. The number of fused-ring (bicyclic) bond motifs is 4. The zero-order valence-electron chi connectivity index (χ0n) is 35.9. The predicted octanol–water partition coefficient (Wildman–Crippen LogP) is 5.72. The van der Waals surface area contributed by atoms with E-state index in [1.807, 2.05) is 6.92 Å². The van der Waals surface area contributed by atoms with Crippen LogP contribution in [0.25, 0.3) is 12.2 Å². The van der Waals surface area contributed by atoms with Gasteiger partial charge in [-0.1, -0.05) is 89.1 Å². The number of benzene rings is 1. The van der Waals surface area contributed by atoms with Gasteiger partial charge in [0.1, 0.15) is 0 Å². The van der Waals surface area contributed by atoms with Crippen molar-refractivity contribution in [2.75, 3.05) is 19.8 Å². The fraction of sp³-hybridized carbons (Fsp3) is 0.745. The van der Waals surface area contributed by atoms with E-state index in [1.54, 1.807) is 0 Å². The van der Waals surface area contributed by atoms with Gasteiger partial charge in [-0.15, -0.1) is 0 Å². The minimum atomic E-state index is -1.22. The van der Waals surface area contributed by atoms with Crippen LogP contribution in [0.5, 0.6) is 0 Å². The fourth-order valence-electron chi connectivity index (χ4n) is 18.5. The van der Waals surface area contributed by atoms with Crippen molar-refractivity contribution >= 4 is 17.9 Å². The van der Waals surface area contributed by atoms with Crippen LogP contribution in [0.15, 0.2) is 42.0 Å². The summed E-state index contributed by atoms with van der Waals surface area (Å²) in [5.41, 5.74) is -2.35. The van der Waals surface area contributed by atoms with Gasteiger partial charge in [-0.3, -0.25) is 4.79 Å². The molecule has 0 heterocycles. The van der Waals surface area contributed by atoms with Crippen LogP contribution in [0, 0.1) is 73.4 Å². The lowest BCUT2D eigenvalue weighted by Gasteiger charge is -2.77. The second-order valence-electron chi connectivity index (χ2n) is 22.7. The second kappa shape index (κ2) is 13.0. The molecule has 58 heavy (non-hydrogen) atoms. The molecule has 1 aromatic rings. The molecule has 1 aromatic carbocycles. The highest BCUT2D eigenvalue weighted by Gasteiger charge is 2.81. The second-order valence-corrected chi connectivity index (χ2v) is 22.7. The Labute approximate surface area is 346 Å². The standard InChI is InChI=1S/C51H71NO6/c1-6-21-52-26-33-10-7-9-31-22-32-12-17-47-18-14-40-46(5,42(57)27-53)41(56)15-20-50(40,36(32)23-35(31)33)43(47)39(55)24-37-38-25-44(2,3)28-48-16-8-11-34(48)13-19-49(58,29-45(37,47)4)51(38,48)30-54/h7,9-10,13,19,22-24,32,34,36,38,40-43,52-54,56-58H,6,8,11-12,14-18,20-21,25-30H2,1-5H3/t32-,34+,36+,38+,40+,41-,42+,43-,45+,46-,47+,48-,49-,50+,51+/m0/s1. The maximum atomic E-state index is 16.1. The van der Waals surface area contributed by atoms with E-state index in [4.69, 9.17) is 0 Å². The van der Waals surface area contributed by atoms with Crippen LogP contribution in [-0.2, 0) is 11.3 Å². The first-order valence-corrected chi connectivity index (χ1v) is 23.4. The number of hydrogen-bond donors (Lipinski definition) is 6. The van der Waals surface area contributed by atoms with Crippen molar-refractivity contribution in [1.82, 2.24) is 5.32 Å². The van der Waals surface area contributed by atoms with Gasteiger partial charge in [0, 0.05) is 23.3 Å². The summed E-state index contributed by atoms with van der Waals surface area (Å²) in [5.74, 6) is -0.0350. The Balaban J connectivity index is 1.22. The molecule has 7 nitrogen and oxygen atoms in total. The van der Waals surface area contributed by atoms with Crippen LogP contribution in [0.4, 0.5) is 0 Å². The summed E-state index contributed by atoms with van der Waals surface area (Å²) in [7, 11) is 0. The number of ketones is 1. The van der Waals surface area contributed by atoms with Crippen molar-refractivity contribution in [2.45, 2.75) is 142 Å². The van der Waals surface area contributed by atoms with E-state index < -0.39 is 51.5 Å². The van der Waals surface area contributed by atoms with Gasteiger partial charge in [0.2, 0.25) is 0 Å². The molecule has 0 aliphatic heterocycles. The van der Waals surface area contributed by atoms with Crippen molar-refractivity contribution in [3.8, 4) is 0 Å². The number of carbonyl (C=O) groups excluding carboxylic acids is 1. The number of aliphatic hydroxyl groups is 5. The Morgan fingerprint density at radius 1 is 0.948 bits per heavy atom. The lowest BCUT2D eigenvalue weighted by atomic mass is 9.27. The first kappa shape index (κ1) is 40.0. The van der Waals surface area contributed by atoms with Gasteiger partial charge >= 0.3 is 0 Å². The Kier molecular flexibility index (Phi) is 8.93. The summed E-state index contributed by atoms with van der Waals surface area (Å²) >= 11 is 0. The van der Waals surface area contributed by atoms with Crippen LogP contribution in [0.3, 0.4) is 0 Å². The SMILES string of the molecule is CCCNCc1cccc2c1=C[C@@H]1[C@H](C=2)CC[C@@]23CC[C@@H]4[C@](C)([C@H](O)CO)[C@@H](O)CC[C@@]14[C@H]2C(=O)C=C1[C@H]2CC(C)(C)C[C@@]45CCC[C@@H]4C=C[C@](O)(C[C@]13C)[C@]25CO. The number of carbonyl (C=O) groups is 1. The zero-order valence-corrected chi connectivity index (χ0v) is 35.9. The molecule has 2 bridgehead atoms. The van der Waals surface area contributed by atoms with Gasteiger partial charge < -0.3 is 30.8 Å². The molecule has 10 rings (SSSR count). The van der Waals surface area contributed by atoms with Crippen LogP contribution in [-0.4, -0.2) is 68.9 Å². The molecule has 6 fully saturated rings. The Morgan fingerprint density at radius 2 is 1.74 bits per heavy atom. The van der Waals surface area contributed by atoms with Gasteiger partial charge in [0.05, 0.1) is 31.0 Å². The van der Waals surface area contributed by atoms with Gasteiger partial charge in [-0.05, 0) is 162 Å². The lowest BCUT2D eigenvalue weighted by molar-refractivity contribution is -0.284. The zero-order chi connectivity index (χ0) is 40.9. The molecule has 316 valence electrons. The number of rotatable bonds is 7. The van der Waals surface area contributed by atoms with Crippen molar-refractivity contribution < 1.29 is 30.3 Å². The number of aliphatic hydroxyl groups excluding tert-OH is 4. The predicted molar refractivity (Wildman–Crippen MR) is 226 cm³/mol. The van der Waals surface area contributed by atoms with E-state index >= 15 is 4.79 Å². The Hall–Kier alpha value is -2.13. The molecule has 0 radical (unpaired) electrons. The van der Waals surface area contributed by atoms with Crippen LogP contribution in [0.2, 0.25) is 0 Å². The highest BCUT2D eigenvalue weighted by molar-refractivity contribution is 5.96. The molecule has 9 aliphatic rings. The highest BCUT2D eigenvalue weighted by atomic mass is 16.3. The maximum Gasteiger partial charge on any atom is 0.159 e. The van der Waals surface area contributed by atoms with Crippen molar-refractivity contribution in [3.05, 3.63) is 58.0 Å². The maximum absolute atomic E-state index is 16.1. The molecule has 0 unspecified atom stereocenters. The van der Waals surface area contributed by atoms with E-state index in [0.29, 0.717) is 25.2 Å². The fourth-order valence-corrected chi connectivity index (χ4v) is 18.5. The van der Waals surface area contributed by atoms with Gasteiger partial charge in [-0.2, -0.15) is 0 Å². The highest BCUT2D eigenvalue weighted by Crippen LogP contribution is 2.84. The van der Waals surface area contributed by atoms with Gasteiger partial charge in [0.25, 0.3) is 0 Å². The Morgan fingerprint density at radius 3 is 2.50 bits per heavy atom. The summed E-state index contributed by atoms with van der Waals surface area (Å²) < 4.78 is 0. The summed E-state index contributed by atoms with van der Waals surface area (Å²) in [4.78, 5) is 16.1. The molecular formula is C51H71NO6. The van der Waals surface area contributed by atoms with Gasteiger partial charge in [0.15, 0.2) is 5.78 Å². The molecule has 15 atom stereocenters. The number of hydrogen-bond acceptors (Lipinski definition) is 7. The third-order valence-electron chi connectivity index (χ3n) is 20.4. The molecule has 0 aromatic heterocycles. The van der Waals surface area contributed by atoms with E-state index in [-0.39, 0.29) is 52.8 Å². The van der Waals surface area contributed by atoms with E-state index in [1.165, 1.54) is 21.6 Å². The van der Waals surface area contributed by atoms with E-state index in [2.05, 4.69) is 81.6 Å². The average molecular weight is 794 g/mol. The van der Waals surface area contributed by atoms with E-state index in [0.717, 1.165) is 77.3 Å². The summed E-state index contributed by atoms with van der Waals surface area (Å²) in [6.45, 7) is 12.6. The minimum Gasteiger partial charge on any atom is -0.396 e. The molecule has 7 heteroatoms. The molecule has 6 saturated carbocycles. The molecule has 2 spiro atoms. The van der Waals surface area contributed by atoms with Crippen molar-refractivity contribution in [2.24, 2.45) is 73.4 Å². The topological polar surface area (TPSA) is 130 Å². The minimum absolute atomic E-state index is 0.00126. The van der Waals surface area contributed by atoms with Crippen LogP contribution < -0.4 is 15.8 Å². The lowest BCUT2D eigenvalue weighted by Crippen LogP contribution is -2.77. The van der Waals surface area contributed by atoms with E-state index in [9.17, 15) is 25.5 Å². The quantitative estimate of drug-likeness (QED) is 0.154. The third kappa shape index (κ3) is 4.60. The summed E-state index contributed by atoms with van der Waals surface area (Å²) in [5, 5.41) is 66.4. The molecule has 0 saturated heterocycles. The van der Waals surface area contributed by atoms with Crippen molar-refractivity contribution in [3.63, 3.8) is 0 Å². The largest absolute Gasteiger partial charge is 0.396 e. The summed E-state index contributed by atoms with van der Waals surface area (Å²) in [6, 6.07) is 6.65. The first-order valence-electron chi connectivity index (χ1n) is 23.4. The Bertz CT molecular complexity index is 2070. The molecule has 9 aliphatic carbocycles. The molecule has 0 amide bonds. The normalized spacial score (nSPS) is 49.5. The van der Waals surface area contributed by atoms with Crippen molar-refractivity contribution in [1.29, 1.82) is 0 Å². The monoisotopic (exact) mass is 794 g/mol. The average Bonchev–Trinajstić information content (AvgIpc) is 3.57. The number of nitrogens with one attached hydrogen (secondary N) is 1. The molecular weight excluding hydrogens is 723 g/mol. The molecule has 6 N–H and O–H groups in total. The first-order chi connectivity index (χ1) is 27.6.